The minimum atomic E-state index is -0.334. The number of allylic oxidation sites excluding steroid dienone is 1. The molecule has 0 bridgehead atoms. The Kier molecular flexibility index (Phi) is 5.68. The van der Waals surface area contributed by atoms with Gasteiger partial charge in [-0.15, -0.1) is 0 Å². The third kappa shape index (κ3) is 3.66. The summed E-state index contributed by atoms with van der Waals surface area (Å²) < 4.78 is 19.0. The number of nitrogens with one attached hydrogen (secondary N) is 2. The molecule has 1 aromatic carbocycles. The molecule has 0 spiro atoms. The molecule has 0 radical (unpaired) electrons. The van der Waals surface area contributed by atoms with Gasteiger partial charge in [0.05, 0.1) is 12.8 Å². The van der Waals surface area contributed by atoms with E-state index in [0.717, 1.165) is 42.1 Å². The van der Waals surface area contributed by atoms with E-state index in [1.807, 2.05) is 11.1 Å². The van der Waals surface area contributed by atoms with Crippen molar-refractivity contribution in [2.45, 2.75) is 25.1 Å². The maximum Gasteiger partial charge on any atom is 0.355 e. The van der Waals surface area contributed by atoms with Crippen LogP contribution in [0, 0.1) is 11.7 Å². The van der Waals surface area contributed by atoms with E-state index in [9.17, 15) is 9.18 Å². The van der Waals surface area contributed by atoms with Crippen molar-refractivity contribution in [2.75, 3.05) is 24.6 Å². The Morgan fingerprint density at radius 3 is 2.71 bits per heavy atom. The first kappa shape index (κ1) is 19.0. The molecule has 148 valence electrons. The number of esters is 1. The lowest BCUT2D eigenvalue weighted by Gasteiger charge is -2.27. The van der Waals surface area contributed by atoms with Crippen molar-refractivity contribution in [1.29, 1.82) is 0 Å². The minimum Gasteiger partial charge on any atom is -0.461 e. The summed E-state index contributed by atoms with van der Waals surface area (Å²) >= 11 is 1.67. The minimum absolute atomic E-state index is 0.159. The van der Waals surface area contributed by atoms with Gasteiger partial charge in [0, 0.05) is 22.4 Å². The van der Waals surface area contributed by atoms with Gasteiger partial charge in [0.25, 0.3) is 0 Å². The second-order valence-electron chi connectivity index (χ2n) is 6.81. The predicted molar refractivity (Wildman–Crippen MR) is 107 cm³/mol. The SMILES string of the molecule is CCOC(=O)C1=C(C2CCNCC2)SC(c2cn[nH]c2)N1c1ccc(F)cc1. The van der Waals surface area contributed by atoms with Gasteiger partial charge in [-0.3, -0.25) is 5.10 Å². The predicted octanol–water partition coefficient (Wildman–Crippen LogP) is 3.58. The highest BCUT2D eigenvalue weighted by molar-refractivity contribution is 8.03. The molecule has 2 N–H and O–H groups in total. The van der Waals surface area contributed by atoms with Crippen LogP contribution < -0.4 is 10.2 Å². The Labute approximate surface area is 167 Å². The van der Waals surface area contributed by atoms with Crippen LogP contribution in [-0.2, 0) is 9.53 Å². The Hall–Kier alpha value is -2.32. The third-order valence-electron chi connectivity index (χ3n) is 5.04. The van der Waals surface area contributed by atoms with Gasteiger partial charge in [0.1, 0.15) is 16.9 Å². The van der Waals surface area contributed by atoms with E-state index in [-0.39, 0.29) is 17.2 Å². The molecule has 28 heavy (non-hydrogen) atoms. The van der Waals surface area contributed by atoms with Crippen LogP contribution in [0.5, 0.6) is 0 Å². The Morgan fingerprint density at radius 1 is 1.32 bits per heavy atom. The van der Waals surface area contributed by atoms with Gasteiger partial charge in [0.2, 0.25) is 0 Å². The van der Waals surface area contributed by atoms with E-state index >= 15 is 0 Å². The highest BCUT2D eigenvalue weighted by Gasteiger charge is 2.42. The molecule has 4 rings (SSSR count). The number of thioether (sulfide) groups is 1. The molecule has 0 saturated carbocycles. The standard InChI is InChI=1S/C20H23FN4O2S/c1-2-27-20(26)17-18(13-7-9-22-10-8-13)28-19(14-11-23-24-12-14)25(17)16-5-3-15(21)4-6-16/h3-6,11-13,19,22H,2,7-10H2,1H3,(H,23,24). The quantitative estimate of drug-likeness (QED) is 0.745. The maximum atomic E-state index is 13.5. The average molecular weight is 402 g/mol. The van der Waals surface area contributed by atoms with Crippen molar-refractivity contribution in [2.24, 2.45) is 5.92 Å². The summed E-state index contributed by atoms with van der Waals surface area (Å²) in [6, 6.07) is 6.23. The molecule has 6 nitrogen and oxygen atoms in total. The van der Waals surface area contributed by atoms with Gasteiger partial charge in [-0.1, -0.05) is 11.8 Å². The van der Waals surface area contributed by atoms with Gasteiger partial charge in [0.15, 0.2) is 0 Å². The number of halogens is 1. The molecule has 0 amide bonds. The van der Waals surface area contributed by atoms with Crippen LogP contribution in [0.3, 0.4) is 0 Å². The van der Waals surface area contributed by atoms with Crippen LogP contribution in [0.2, 0.25) is 0 Å². The van der Waals surface area contributed by atoms with Gasteiger partial charge in [-0.05, 0) is 63.0 Å². The molecule has 2 aromatic rings. The number of rotatable bonds is 5. The molecule has 8 heteroatoms. The molecule has 1 aromatic heterocycles. The molecule has 1 atom stereocenters. The summed E-state index contributed by atoms with van der Waals surface area (Å²) in [6.07, 6.45) is 5.55. The van der Waals surface area contributed by atoms with Gasteiger partial charge >= 0.3 is 5.97 Å². The number of nitrogens with zero attached hydrogens (tertiary/aromatic N) is 2. The Bertz CT molecular complexity index is 848. The smallest absolute Gasteiger partial charge is 0.355 e. The summed E-state index contributed by atoms with van der Waals surface area (Å²) in [6.45, 7) is 3.97. The van der Waals surface area contributed by atoms with E-state index < -0.39 is 0 Å². The summed E-state index contributed by atoms with van der Waals surface area (Å²) in [5.74, 6) is -0.347. The monoisotopic (exact) mass is 402 g/mol. The first-order valence-electron chi connectivity index (χ1n) is 9.51. The zero-order valence-electron chi connectivity index (χ0n) is 15.7. The second-order valence-corrected chi connectivity index (χ2v) is 7.93. The van der Waals surface area contributed by atoms with E-state index in [2.05, 4.69) is 15.5 Å². The van der Waals surface area contributed by atoms with E-state index in [1.165, 1.54) is 12.1 Å². The summed E-state index contributed by atoms with van der Waals surface area (Å²) in [5, 5.41) is 10.2. The molecule has 1 fully saturated rings. The molecular formula is C20H23FN4O2S. The van der Waals surface area contributed by atoms with Crippen LogP contribution in [0.25, 0.3) is 0 Å². The lowest BCUT2D eigenvalue weighted by molar-refractivity contribution is -0.138. The lowest BCUT2D eigenvalue weighted by Crippen LogP contribution is -2.30. The lowest BCUT2D eigenvalue weighted by atomic mass is 9.96. The summed E-state index contributed by atoms with van der Waals surface area (Å²) in [5.41, 5.74) is 2.28. The molecule has 2 aliphatic heterocycles. The van der Waals surface area contributed by atoms with Crippen LogP contribution in [-0.4, -0.2) is 35.9 Å². The first-order valence-corrected chi connectivity index (χ1v) is 10.4. The molecule has 0 aliphatic carbocycles. The second kappa shape index (κ2) is 8.36. The number of ether oxygens (including phenoxy) is 1. The normalized spacial score (nSPS) is 20.6. The van der Waals surface area contributed by atoms with E-state index in [4.69, 9.17) is 4.74 Å². The van der Waals surface area contributed by atoms with Crippen molar-refractivity contribution < 1.29 is 13.9 Å². The number of carbonyl (C=O) groups excluding carboxylic acids is 1. The first-order chi connectivity index (χ1) is 13.7. The van der Waals surface area contributed by atoms with E-state index in [1.54, 1.807) is 37.0 Å². The number of aromatic amines is 1. The number of aromatic nitrogens is 2. The topological polar surface area (TPSA) is 70.2 Å². The van der Waals surface area contributed by atoms with Crippen molar-refractivity contribution in [3.8, 4) is 0 Å². The molecule has 1 saturated heterocycles. The number of carbonyl (C=O) groups is 1. The summed E-state index contributed by atoms with van der Waals surface area (Å²) in [7, 11) is 0. The van der Waals surface area contributed by atoms with Crippen molar-refractivity contribution in [3.63, 3.8) is 0 Å². The molecule has 2 aliphatic rings. The largest absolute Gasteiger partial charge is 0.461 e. The fourth-order valence-corrected chi connectivity index (χ4v) is 5.28. The van der Waals surface area contributed by atoms with Gasteiger partial charge in [-0.2, -0.15) is 5.10 Å². The average Bonchev–Trinajstić information content (AvgIpc) is 3.37. The highest BCUT2D eigenvalue weighted by atomic mass is 32.2. The zero-order chi connectivity index (χ0) is 19.5. The number of anilines is 1. The summed E-state index contributed by atoms with van der Waals surface area (Å²) in [4.78, 5) is 16.0. The fraction of sp³-hybridized carbons (Fsp3) is 0.400. The van der Waals surface area contributed by atoms with Gasteiger partial charge < -0.3 is 15.0 Å². The van der Waals surface area contributed by atoms with Crippen molar-refractivity contribution >= 4 is 23.4 Å². The Balaban J connectivity index is 1.81. The van der Waals surface area contributed by atoms with Crippen LogP contribution in [0.4, 0.5) is 10.1 Å². The van der Waals surface area contributed by atoms with Crippen LogP contribution >= 0.6 is 11.8 Å². The Morgan fingerprint density at radius 2 is 2.07 bits per heavy atom. The fourth-order valence-electron chi connectivity index (χ4n) is 3.72. The number of benzene rings is 1. The number of piperidine rings is 1. The number of H-pyrrole nitrogens is 1. The van der Waals surface area contributed by atoms with E-state index in [0.29, 0.717) is 18.2 Å². The highest BCUT2D eigenvalue weighted by Crippen LogP contribution is 2.53. The molecule has 1 unspecified atom stereocenters. The van der Waals surface area contributed by atoms with Gasteiger partial charge in [-0.25, -0.2) is 9.18 Å². The van der Waals surface area contributed by atoms with Crippen molar-refractivity contribution in [1.82, 2.24) is 15.5 Å². The third-order valence-corrected chi connectivity index (χ3v) is 6.52. The zero-order valence-corrected chi connectivity index (χ0v) is 16.5. The number of hydrogen-bond acceptors (Lipinski definition) is 6. The van der Waals surface area contributed by atoms with Crippen LogP contribution in [0.15, 0.2) is 47.3 Å². The molecular weight excluding hydrogens is 379 g/mol. The molecule has 3 heterocycles. The maximum absolute atomic E-state index is 13.5. The number of hydrogen-bond donors (Lipinski definition) is 2. The van der Waals surface area contributed by atoms with Crippen LogP contribution in [0.1, 0.15) is 30.7 Å². The van der Waals surface area contributed by atoms with Crippen molar-refractivity contribution in [3.05, 3.63) is 58.6 Å².